The number of hydrogen-bond donors (Lipinski definition) is 0. The van der Waals surface area contributed by atoms with Crippen LogP contribution in [0.1, 0.15) is 52.7 Å². The molecule has 9 rings (SSSR count). The molecule has 6 aromatic carbocycles. The van der Waals surface area contributed by atoms with Crippen LogP contribution in [0.15, 0.2) is 146 Å². The molecule has 56 heavy (non-hydrogen) atoms. The molecule has 5 nitrogen and oxygen atoms in total. The second kappa shape index (κ2) is 14.5. The number of pyridine rings is 1. The van der Waals surface area contributed by atoms with E-state index in [9.17, 15) is 0 Å². The van der Waals surface area contributed by atoms with Crippen molar-refractivity contribution < 1.29 is 25.8 Å². The molecule has 3 heterocycles. The van der Waals surface area contributed by atoms with Gasteiger partial charge in [0.15, 0.2) is 0 Å². The molecule has 0 bridgehead atoms. The predicted molar refractivity (Wildman–Crippen MR) is 227 cm³/mol. The van der Waals surface area contributed by atoms with E-state index in [2.05, 4.69) is 172 Å². The van der Waals surface area contributed by atoms with Crippen LogP contribution < -0.4 is 14.5 Å². The molecule has 1 aliphatic rings. The monoisotopic (exact) mass is 910 g/mol. The number of hydrogen-bond acceptors (Lipinski definition) is 4. The van der Waals surface area contributed by atoms with Gasteiger partial charge in [-0.1, -0.05) is 114 Å². The zero-order valence-corrected chi connectivity index (χ0v) is 34.7. The number of nitrogens with zero attached hydrogens (tertiary/aromatic N) is 4. The quantitative estimate of drug-likeness (QED) is 0.156. The van der Waals surface area contributed by atoms with Crippen molar-refractivity contribution >= 4 is 44.6 Å². The third-order valence-corrected chi connectivity index (χ3v) is 10.4. The van der Waals surface area contributed by atoms with Gasteiger partial charge < -0.3 is 19.1 Å². The van der Waals surface area contributed by atoms with Gasteiger partial charge in [0, 0.05) is 61.3 Å². The molecule has 282 valence electrons. The first-order valence-electron chi connectivity index (χ1n) is 18.9. The van der Waals surface area contributed by atoms with Crippen LogP contribution >= 0.6 is 0 Å². The summed E-state index contributed by atoms with van der Waals surface area (Å²) in [5.41, 5.74) is 11.2. The Bertz CT molecular complexity index is 2660. The Labute approximate surface area is 344 Å². The third kappa shape index (κ3) is 6.90. The maximum atomic E-state index is 6.57. The van der Waals surface area contributed by atoms with Crippen LogP contribution in [-0.2, 0) is 31.9 Å². The maximum absolute atomic E-state index is 6.57. The molecule has 0 amide bonds. The van der Waals surface area contributed by atoms with Gasteiger partial charge in [0.25, 0.3) is 0 Å². The Hall–Kier alpha value is -5.64. The minimum atomic E-state index is 0. The fraction of sp³-hybridized carbons (Fsp3) is 0.160. The fourth-order valence-electron chi connectivity index (χ4n) is 7.40. The van der Waals surface area contributed by atoms with E-state index in [1.165, 1.54) is 16.7 Å². The molecule has 2 aromatic heterocycles. The van der Waals surface area contributed by atoms with E-state index >= 15 is 0 Å². The fourth-order valence-corrected chi connectivity index (χ4v) is 7.40. The first kappa shape index (κ1) is 37.3. The van der Waals surface area contributed by atoms with Crippen LogP contribution in [0.5, 0.6) is 11.5 Å². The van der Waals surface area contributed by atoms with Gasteiger partial charge in [-0.25, -0.2) is 4.98 Å². The topological polar surface area (TPSA) is 33.5 Å². The Kier molecular flexibility index (Phi) is 9.63. The number of benzene rings is 6. The van der Waals surface area contributed by atoms with E-state index in [1.54, 1.807) is 0 Å². The Balaban J connectivity index is 0.00000441. The largest absolute Gasteiger partial charge is 0.509 e. The maximum Gasteiger partial charge on any atom is 0.135 e. The number of para-hydroxylation sites is 2. The van der Waals surface area contributed by atoms with Crippen LogP contribution in [0.2, 0.25) is 0 Å². The molecule has 0 N–H and O–H groups in total. The Morgan fingerprint density at radius 1 is 0.571 bits per heavy atom. The summed E-state index contributed by atoms with van der Waals surface area (Å²) in [6.07, 6.45) is 1.82. The number of aromatic nitrogens is 2. The van der Waals surface area contributed by atoms with Gasteiger partial charge in [0.1, 0.15) is 5.82 Å². The third-order valence-electron chi connectivity index (χ3n) is 10.4. The SMILES string of the molecule is CC(C)(C)c1cc(N2[CH-]N(c3[c-]c(Oc4[c-]c5c(cc4)c4cc(-c6ccccc6)ccc4n5-c4ccccn4)ccc3)c3ccccc32)cc(C(C)(C)C)c1.[Pt]. The second-order valence-corrected chi connectivity index (χ2v) is 16.3. The predicted octanol–water partition coefficient (Wildman–Crippen LogP) is 13.2. The van der Waals surface area contributed by atoms with Gasteiger partial charge in [-0.3, -0.25) is 0 Å². The van der Waals surface area contributed by atoms with Gasteiger partial charge in [-0.05, 0) is 80.9 Å². The average molecular weight is 911 g/mol. The smallest absolute Gasteiger partial charge is 0.135 e. The first-order chi connectivity index (χ1) is 26.5. The molecule has 0 saturated heterocycles. The van der Waals surface area contributed by atoms with Gasteiger partial charge in [0.2, 0.25) is 0 Å². The summed E-state index contributed by atoms with van der Waals surface area (Å²) >= 11 is 0. The van der Waals surface area contributed by atoms with Crippen molar-refractivity contribution in [2.45, 2.75) is 52.4 Å². The van der Waals surface area contributed by atoms with Gasteiger partial charge in [-0.2, -0.15) is 12.1 Å². The average Bonchev–Trinajstić information content (AvgIpc) is 3.74. The minimum absolute atomic E-state index is 0. The summed E-state index contributed by atoms with van der Waals surface area (Å²) in [6, 6.07) is 56.0. The van der Waals surface area contributed by atoms with E-state index in [0.717, 1.165) is 55.9 Å². The van der Waals surface area contributed by atoms with Crippen molar-refractivity contribution in [2.24, 2.45) is 0 Å². The Morgan fingerprint density at radius 2 is 1.25 bits per heavy atom. The standard InChI is InChI=1S/C50H43N4O.Pt/c1-49(2,3)36-28-37(50(4,5)6)30-39(29-36)53-33-52(45-19-10-11-20-46(45)53)38-17-14-18-40(31-38)55-41-23-24-42-43-27-35(34-15-8-7-9-16-34)22-25-44(43)54(47(42)32-41)48-21-12-13-26-51-48;/h7-30,33H,1-6H3;/q-3;. The molecule has 0 spiro atoms. The van der Waals surface area contributed by atoms with E-state index in [0.29, 0.717) is 11.5 Å². The molecule has 0 unspecified atom stereocenters. The van der Waals surface area contributed by atoms with Crippen molar-refractivity contribution in [3.8, 4) is 28.4 Å². The summed E-state index contributed by atoms with van der Waals surface area (Å²) in [5.74, 6) is 2.03. The summed E-state index contributed by atoms with van der Waals surface area (Å²) in [4.78, 5) is 9.22. The van der Waals surface area contributed by atoms with E-state index in [4.69, 9.17) is 9.72 Å². The van der Waals surface area contributed by atoms with E-state index < -0.39 is 0 Å². The number of anilines is 4. The molecule has 0 aliphatic carbocycles. The minimum Gasteiger partial charge on any atom is -0.509 e. The molecule has 1 aliphatic heterocycles. The molecule has 8 aromatic rings. The summed E-state index contributed by atoms with van der Waals surface area (Å²) in [7, 11) is 0. The van der Waals surface area contributed by atoms with Gasteiger partial charge in [-0.15, -0.1) is 48.1 Å². The van der Waals surface area contributed by atoms with Crippen molar-refractivity contribution in [2.75, 3.05) is 9.80 Å². The van der Waals surface area contributed by atoms with Crippen molar-refractivity contribution in [3.63, 3.8) is 0 Å². The molecule has 6 heteroatoms. The first-order valence-corrected chi connectivity index (χ1v) is 18.9. The van der Waals surface area contributed by atoms with Crippen molar-refractivity contribution in [1.82, 2.24) is 9.55 Å². The molecule has 0 fully saturated rings. The number of rotatable bonds is 6. The van der Waals surface area contributed by atoms with Crippen molar-refractivity contribution in [1.29, 1.82) is 0 Å². The van der Waals surface area contributed by atoms with E-state index in [-0.39, 0.29) is 31.9 Å². The normalized spacial score (nSPS) is 12.9. The van der Waals surface area contributed by atoms with Crippen LogP contribution in [-0.4, -0.2) is 9.55 Å². The summed E-state index contributed by atoms with van der Waals surface area (Å²) < 4.78 is 8.74. The summed E-state index contributed by atoms with van der Waals surface area (Å²) in [5, 5.41) is 2.21. The zero-order valence-electron chi connectivity index (χ0n) is 32.4. The van der Waals surface area contributed by atoms with Crippen LogP contribution in [0.25, 0.3) is 38.8 Å². The van der Waals surface area contributed by atoms with Crippen molar-refractivity contribution in [3.05, 3.63) is 176 Å². The molecule has 0 atom stereocenters. The number of fused-ring (bicyclic) bond motifs is 4. The van der Waals surface area contributed by atoms with E-state index in [1.807, 2.05) is 48.7 Å². The second-order valence-electron chi connectivity index (χ2n) is 16.3. The summed E-state index contributed by atoms with van der Waals surface area (Å²) in [6.45, 7) is 15.8. The molecule has 0 saturated carbocycles. The van der Waals surface area contributed by atoms with Gasteiger partial charge in [0.05, 0.1) is 0 Å². The molecule has 0 radical (unpaired) electrons. The number of ether oxygens (including phenoxy) is 1. The van der Waals surface area contributed by atoms with Gasteiger partial charge >= 0.3 is 0 Å². The van der Waals surface area contributed by atoms with Crippen LogP contribution in [0, 0.1) is 18.8 Å². The zero-order chi connectivity index (χ0) is 37.9. The van der Waals surface area contributed by atoms with Crippen LogP contribution in [0.4, 0.5) is 22.7 Å². The molecular formula is C50H43N4OPt-3. The molecular weight excluding hydrogens is 868 g/mol. The van der Waals surface area contributed by atoms with Crippen LogP contribution in [0.3, 0.4) is 0 Å². The Morgan fingerprint density at radius 3 is 1.95 bits per heavy atom.